The molecule has 0 spiro atoms. The SMILES string of the molecule is Brc1ccc(Sc2ccccn2)c(CNC2CC2)c1. The first kappa shape index (κ1) is 13.2. The summed E-state index contributed by atoms with van der Waals surface area (Å²) >= 11 is 5.27. The molecule has 0 amide bonds. The predicted molar refractivity (Wildman–Crippen MR) is 82.4 cm³/mol. The van der Waals surface area contributed by atoms with Gasteiger partial charge < -0.3 is 5.32 Å². The first-order valence-electron chi connectivity index (χ1n) is 6.42. The fraction of sp³-hybridized carbons (Fsp3) is 0.267. The molecule has 0 unspecified atom stereocenters. The van der Waals surface area contributed by atoms with Crippen LogP contribution < -0.4 is 5.32 Å². The summed E-state index contributed by atoms with van der Waals surface area (Å²) in [4.78, 5) is 5.65. The number of nitrogens with one attached hydrogen (secondary N) is 1. The lowest BCUT2D eigenvalue weighted by atomic mass is 10.2. The molecule has 0 aliphatic heterocycles. The summed E-state index contributed by atoms with van der Waals surface area (Å²) in [5.74, 6) is 0. The van der Waals surface area contributed by atoms with Gasteiger partial charge in [0.2, 0.25) is 0 Å². The van der Waals surface area contributed by atoms with Gasteiger partial charge in [-0.25, -0.2) is 4.98 Å². The molecule has 1 aromatic carbocycles. The fourth-order valence-corrected chi connectivity index (χ4v) is 3.14. The number of halogens is 1. The average molecular weight is 335 g/mol. The molecule has 1 heterocycles. The van der Waals surface area contributed by atoms with E-state index in [0.29, 0.717) is 0 Å². The molecule has 1 aliphatic carbocycles. The van der Waals surface area contributed by atoms with Crippen molar-refractivity contribution in [3.8, 4) is 0 Å². The van der Waals surface area contributed by atoms with E-state index in [1.165, 1.54) is 23.3 Å². The van der Waals surface area contributed by atoms with Crippen molar-refractivity contribution in [3.63, 3.8) is 0 Å². The molecule has 2 nitrogen and oxygen atoms in total. The Morgan fingerprint density at radius 1 is 1.26 bits per heavy atom. The summed E-state index contributed by atoms with van der Waals surface area (Å²) in [5.41, 5.74) is 1.33. The van der Waals surface area contributed by atoms with Crippen LogP contribution in [-0.2, 0) is 6.54 Å². The molecule has 1 saturated carbocycles. The standard InChI is InChI=1S/C15H15BrN2S/c16-12-4-7-14(19-15-3-1-2-8-17-15)11(9-12)10-18-13-5-6-13/h1-4,7-9,13,18H,5-6,10H2. The van der Waals surface area contributed by atoms with Gasteiger partial charge in [-0.05, 0) is 48.7 Å². The van der Waals surface area contributed by atoms with Gasteiger partial charge >= 0.3 is 0 Å². The molecule has 1 N–H and O–H groups in total. The lowest BCUT2D eigenvalue weighted by molar-refractivity contribution is 0.680. The van der Waals surface area contributed by atoms with Crippen LogP contribution in [0.3, 0.4) is 0 Å². The highest BCUT2D eigenvalue weighted by molar-refractivity contribution is 9.10. The van der Waals surface area contributed by atoms with Gasteiger partial charge in [-0.1, -0.05) is 33.8 Å². The van der Waals surface area contributed by atoms with Crippen LogP contribution in [0.25, 0.3) is 0 Å². The fourth-order valence-electron chi connectivity index (χ4n) is 1.85. The summed E-state index contributed by atoms with van der Waals surface area (Å²) in [6.45, 7) is 0.930. The first-order chi connectivity index (χ1) is 9.31. The van der Waals surface area contributed by atoms with Crippen LogP contribution in [0.4, 0.5) is 0 Å². The van der Waals surface area contributed by atoms with Gasteiger partial charge in [-0.3, -0.25) is 0 Å². The number of aromatic nitrogens is 1. The van der Waals surface area contributed by atoms with Gasteiger partial charge in [0.1, 0.15) is 5.03 Å². The maximum atomic E-state index is 4.38. The summed E-state index contributed by atoms with van der Waals surface area (Å²) in [6.07, 6.45) is 4.47. The topological polar surface area (TPSA) is 24.9 Å². The molecule has 4 heteroatoms. The molecule has 98 valence electrons. The minimum Gasteiger partial charge on any atom is -0.310 e. The number of hydrogen-bond acceptors (Lipinski definition) is 3. The molecule has 3 rings (SSSR count). The van der Waals surface area contributed by atoms with Crippen molar-refractivity contribution in [3.05, 3.63) is 52.6 Å². The third kappa shape index (κ3) is 3.81. The first-order valence-corrected chi connectivity index (χ1v) is 8.03. The second-order valence-electron chi connectivity index (χ2n) is 4.68. The van der Waals surface area contributed by atoms with E-state index in [4.69, 9.17) is 0 Å². The van der Waals surface area contributed by atoms with Crippen molar-refractivity contribution < 1.29 is 0 Å². The van der Waals surface area contributed by atoms with Crippen LogP contribution in [0, 0.1) is 0 Å². The highest BCUT2D eigenvalue weighted by Crippen LogP contribution is 2.31. The van der Waals surface area contributed by atoms with Crippen LogP contribution in [-0.4, -0.2) is 11.0 Å². The molecule has 0 atom stereocenters. The Balaban J connectivity index is 1.78. The third-order valence-electron chi connectivity index (χ3n) is 3.03. The molecule has 1 aliphatic rings. The van der Waals surface area contributed by atoms with E-state index in [9.17, 15) is 0 Å². The zero-order valence-electron chi connectivity index (χ0n) is 10.5. The highest BCUT2D eigenvalue weighted by Gasteiger charge is 2.20. The van der Waals surface area contributed by atoms with Crippen LogP contribution in [0.2, 0.25) is 0 Å². The Hall–Kier alpha value is -0.840. The van der Waals surface area contributed by atoms with E-state index in [1.54, 1.807) is 11.8 Å². The molecule has 2 aromatic rings. The van der Waals surface area contributed by atoms with Gasteiger partial charge in [-0.2, -0.15) is 0 Å². The Morgan fingerprint density at radius 2 is 2.16 bits per heavy atom. The van der Waals surface area contributed by atoms with Crippen molar-refractivity contribution in [1.82, 2.24) is 10.3 Å². The van der Waals surface area contributed by atoms with Crippen LogP contribution in [0.1, 0.15) is 18.4 Å². The maximum Gasteiger partial charge on any atom is 0.101 e. The number of pyridine rings is 1. The Labute approximate surface area is 126 Å². The van der Waals surface area contributed by atoms with E-state index >= 15 is 0 Å². The molecule has 19 heavy (non-hydrogen) atoms. The Morgan fingerprint density at radius 3 is 2.89 bits per heavy atom. The van der Waals surface area contributed by atoms with E-state index in [2.05, 4.69) is 44.4 Å². The van der Waals surface area contributed by atoms with Gasteiger partial charge in [0.05, 0.1) is 0 Å². The summed E-state index contributed by atoms with van der Waals surface area (Å²) < 4.78 is 1.13. The molecule has 0 radical (unpaired) electrons. The van der Waals surface area contributed by atoms with Crippen molar-refractivity contribution in [2.75, 3.05) is 0 Å². The Bertz CT molecular complexity index is 555. The molecular weight excluding hydrogens is 320 g/mol. The van der Waals surface area contributed by atoms with Crippen molar-refractivity contribution in [1.29, 1.82) is 0 Å². The average Bonchev–Trinajstić information content (AvgIpc) is 3.24. The van der Waals surface area contributed by atoms with Crippen molar-refractivity contribution in [2.45, 2.75) is 35.3 Å². The van der Waals surface area contributed by atoms with E-state index in [0.717, 1.165) is 22.1 Å². The monoisotopic (exact) mass is 334 g/mol. The minimum atomic E-state index is 0.728. The second kappa shape index (κ2) is 6.07. The van der Waals surface area contributed by atoms with Crippen LogP contribution in [0.15, 0.2) is 57.0 Å². The summed E-state index contributed by atoms with van der Waals surface area (Å²) in [5, 5.41) is 4.61. The number of hydrogen-bond donors (Lipinski definition) is 1. The second-order valence-corrected chi connectivity index (χ2v) is 6.66. The quantitative estimate of drug-likeness (QED) is 0.884. The molecule has 1 aromatic heterocycles. The minimum absolute atomic E-state index is 0.728. The zero-order chi connectivity index (χ0) is 13.1. The smallest absolute Gasteiger partial charge is 0.101 e. The lowest BCUT2D eigenvalue weighted by Gasteiger charge is -2.10. The third-order valence-corrected chi connectivity index (χ3v) is 4.60. The summed E-state index contributed by atoms with van der Waals surface area (Å²) in [6, 6.07) is 13.2. The zero-order valence-corrected chi connectivity index (χ0v) is 12.9. The van der Waals surface area contributed by atoms with Crippen molar-refractivity contribution >= 4 is 27.7 Å². The van der Waals surface area contributed by atoms with E-state index in [1.807, 2.05) is 24.4 Å². The van der Waals surface area contributed by atoms with Crippen LogP contribution >= 0.6 is 27.7 Å². The lowest BCUT2D eigenvalue weighted by Crippen LogP contribution is -2.15. The number of benzene rings is 1. The maximum absolute atomic E-state index is 4.38. The number of rotatable bonds is 5. The molecule has 0 bridgehead atoms. The van der Waals surface area contributed by atoms with E-state index < -0.39 is 0 Å². The van der Waals surface area contributed by atoms with Gasteiger partial charge in [0.15, 0.2) is 0 Å². The largest absolute Gasteiger partial charge is 0.310 e. The van der Waals surface area contributed by atoms with Crippen LogP contribution in [0.5, 0.6) is 0 Å². The van der Waals surface area contributed by atoms with E-state index in [-0.39, 0.29) is 0 Å². The molecule has 0 saturated heterocycles. The summed E-state index contributed by atoms with van der Waals surface area (Å²) in [7, 11) is 0. The van der Waals surface area contributed by atoms with Crippen molar-refractivity contribution in [2.24, 2.45) is 0 Å². The number of nitrogens with zero attached hydrogens (tertiary/aromatic N) is 1. The van der Waals surface area contributed by atoms with Gasteiger partial charge in [0.25, 0.3) is 0 Å². The predicted octanol–water partition coefficient (Wildman–Crippen LogP) is 4.25. The van der Waals surface area contributed by atoms with Gasteiger partial charge in [0, 0.05) is 28.2 Å². The molecule has 1 fully saturated rings. The van der Waals surface area contributed by atoms with Gasteiger partial charge in [-0.15, -0.1) is 0 Å². The Kier molecular flexibility index (Phi) is 4.21. The highest BCUT2D eigenvalue weighted by atomic mass is 79.9. The molecular formula is C15H15BrN2S. The normalized spacial score (nSPS) is 14.6.